The van der Waals surface area contributed by atoms with Gasteiger partial charge in [-0.15, -0.1) is 0 Å². The quantitative estimate of drug-likeness (QED) is 0.512. The maximum Gasteiger partial charge on any atom is 0.254 e. The minimum Gasteiger partial charge on any atom is -0.468 e. The number of nitrogens with zero attached hydrogens (tertiary/aromatic N) is 2. The fourth-order valence-electron chi connectivity index (χ4n) is 4.97. The normalized spacial score (nSPS) is 21.1. The molecule has 2 heterocycles. The smallest absolute Gasteiger partial charge is 0.254 e. The van der Waals surface area contributed by atoms with Gasteiger partial charge in [0.2, 0.25) is 0 Å². The van der Waals surface area contributed by atoms with Gasteiger partial charge in [-0.25, -0.2) is 4.39 Å². The van der Waals surface area contributed by atoms with Crippen LogP contribution in [0.15, 0.2) is 71.3 Å². The van der Waals surface area contributed by atoms with Gasteiger partial charge < -0.3 is 9.32 Å². The molecule has 0 radical (unpaired) electrons. The molecule has 166 valence electrons. The second-order valence-electron chi connectivity index (χ2n) is 9.25. The van der Waals surface area contributed by atoms with Crippen LogP contribution in [-0.2, 0) is 6.54 Å². The van der Waals surface area contributed by atoms with Crippen LogP contribution in [0.3, 0.4) is 0 Å². The Morgan fingerprint density at radius 2 is 1.91 bits per heavy atom. The summed E-state index contributed by atoms with van der Waals surface area (Å²) in [5.74, 6) is 1.38. The molecule has 4 nitrogen and oxygen atoms in total. The van der Waals surface area contributed by atoms with Crippen LogP contribution in [0, 0.1) is 18.7 Å². The van der Waals surface area contributed by atoms with Gasteiger partial charge in [-0.05, 0) is 67.6 Å². The summed E-state index contributed by atoms with van der Waals surface area (Å²) < 4.78 is 19.1. The molecule has 1 amide bonds. The Morgan fingerprint density at radius 3 is 2.59 bits per heavy atom. The van der Waals surface area contributed by atoms with E-state index in [9.17, 15) is 9.18 Å². The molecule has 0 unspecified atom stereocenters. The largest absolute Gasteiger partial charge is 0.468 e. The third-order valence-corrected chi connectivity index (χ3v) is 6.72. The average molecular weight is 433 g/mol. The number of likely N-dealkylation sites (tertiary alicyclic amines) is 1. The maximum absolute atomic E-state index is 13.6. The highest BCUT2D eigenvalue weighted by molar-refractivity contribution is 5.94. The third-order valence-electron chi connectivity index (χ3n) is 6.72. The van der Waals surface area contributed by atoms with Gasteiger partial charge >= 0.3 is 0 Å². The molecule has 1 aliphatic carbocycles. The zero-order valence-corrected chi connectivity index (χ0v) is 18.4. The van der Waals surface area contributed by atoms with E-state index in [1.54, 1.807) is 6.26 Å². The second kappa shape index (κ2) is 8.91. The van der Waals surface area contributed by atoms with Crippen molar-refractivity contribution >= 4 is 5.91 Å². The zero-order chi connectivity index (χ0) is 22.1. The molecular formula is C27H29FN2O2. The number of rotatable bonds is 7. The molecule has 1 aromatic heterocycles. The van der Waals surface area contributed by atoms with Crippen molar-refractivity contribution in [3.63, 3.8) is 0 Å². The van der Waals surface area contributed by atoms with Crippen LogP contribution in [0.1, 0.15) is 46.0 Å². The van der Waals surface area contributed by atoms with Crippen LogP contribution >= 0.6 is 0 Å². The summed E-state index contributed by atoms with van der Waals surface area (Å²) in [5.41, 5.74) is 3.00. The molecule has 1 saturated carbocycles. The van der Waals surface area contributed by atoms with Crippen molar-refractivity contribution in [2.75, 3.05) is 19.6 Å². The van der Waals surface area contributed by atoms with E-state index in [0.29, 0.717) is 12.6 Å². The predicted molar refractivity (Wildman–Crippen MR) is 122 cm³/mol. The molecule has 0 spiro atoms. The highest BCUT2D eigenvalue weighted by Crippen LogP contribution is 2.37. The number of halogens is 1. The van der Waals surface area contributed by atoms with Crippen LogP contribution in [0.2, 0.25) is 0 Å². The van der Waals surface area contributed by atoms with Gasteiger partial charge in [-0.3, -0.25) is 9.69 Å². The minimum absolute atomic E-state index is 0.124. The first-order valence-electron chi connectivity index (χ1n) is 11.4. The molecule has 2 atom stereocenters. The van der Waals surface area contributed by atoms with E-state index in [-0.39, 0.29) is 23.6 Å². The lowest BCUT2D eigenvalue weighted by atomic mass is 9.88. The Hall–Kier alpha value is -2.92. The van der Waals surface area contributed by atoms with Gasteiger partial charge in [0.25, 0.3) is 5.91 Å². The summed E-state index contributed by atoms with van der Waals surface area (Å²) in [7, 11) is 0. The first-order valence-corrected chi connectivity index (χ1v) is 11.4. The molecule has 2 aromatic carbocycles. The first kappa shape index (κ1) is 21.0. The highest BCUT2D eigenvalue weighted by Gasteiger charge is 2.40. The Kier molecular flexibility index (Phi) is 5.83. The van der Waals surface area contributed by atoms with Gasteiger partial charge in [-0.2, -0.15) is 0 Å². The Bertz CT molecular complexity index is 1060. The summed E-state index contributed by atoms with van der Waals surface area (Å²) >= 11 is 0. The van der Waals surface area contributed by atoms with Gasteiger partial charge in [0, 0.05) is 37.2 Å². The number of carbonyl (C=O) groups is 1. The molecule has 0 bridgehead atoms. The summed E-state index contributed by atoms with van der Waals surface area (Å²) in [5, 5.41) is 0. The summed E-state index contributed by atoms with van der Waals surface area (Å²) in [6.45, 7) is 5.23. The molecule has 5 rings (SSSR count). The van der Waals surface area contributed by atoms with Gasteiger partial charge in [-0.1, -0.05) is 29.8 Å². The molecule has 0 N–H and O–H groups in total. The fourth-order valence-corrected chi connectivity index (χ4v) is 4.97. The number of benzene rings is 2. The minimum atomic E-state index is -0.218. The second-order valence-corrected chi connectivity index (χ2v) is 9.25. The van der Waals surface area contributed by atoms with E-state index in [0.717, 1.165) is 54.9 Å². The lowest BCUT2D eigenvalue weighted by molar-refractivity contribution is 0.0710. The molecule has 1 saturated heterocycles. The van der Waals surface area contributed by atoms with Gasteiger partial charge in [0.05, 0.1) is 12.8 Å². The molecule has 2 fully saturated rings. The number of furan rings is 1. The van der Waals surface area contributed by atoms with Crippen molar-refractivity contribution in [1.82, 2.24) is 9.80 Å². The molecule has 1 aliphatic heterocycles. The molecular weight excluding hydrogens is 403 g/mol. The number of hydrogen-bond acceptors (Lipinski definition) is 3. The average Bonchev–Trinajstić information content (AvgIpc) is 3.36. The molecule has 32 heavy (non-hydrogen) atoms. The van der Waals surface area contributed by atoms with Crippen LogP contribution in [0.25, 0.3) is 0 Å². The molecule has 3 aromatic rings. The first-order chi connectivity index (χ1) is 15.6. The maximum atomic E-state index is 13.6. The molecule has 2 aliphatic rings. The Balaban J connectivity index is 1.38. The summed E-state index contributed by atoms with van der Waals surface area (Å²) in [6.07, 6.45) is 3.85. The third kappa shape index (κ3) is 4.63. The predicted octanol–water partition coefficient (Wildman–Crippen LogP) is 5.25. The summed E-state index contributed by atoms with van der Waals surface area (Å²) in [4.78, 5) is 17.9. The van der Waals surface area contributed by atoms with E-state index in [4.69, 9.17) is 4.42 Å². The Labute approximate surface area is 188 Å². The van der Waals surface area contributed by atoms with Crippen molar-refractivity contribution in [3.05, 3.63) is 95.2 Å². The van der Waals surface area contributed by atoms with Crippen LogP contribution in [-0.4, -0.2) is 41.4 Å². The zero-order valence-electron chi connectivity index (χ0n) is 18.4. The lowest BCUT2D eigenvalue weighted by Gasteiger charge is -2.29. The SMILES string of the molecule is Cc1cccc(C(=O)N(C[C@H]2CN(Cc3ccco3)C[C@H]2c2ccc(F)cc2)C2CC2)c1. The number of amides is 1. The highest BCUT2D eigenvalue weighted by atomic mass is 19.1. The lowest BCUT2D eigenvalue weighted by Crippen LogP contribution is -2.39. The van der Waals surface area contributed by atoms with Crippen LogP contribution in [0.5, 0.6) is 0 Å². The van der Waals surface area contributed by atoms with Crippen LogP contribution in [0.4, 0.5) is 4.39 Å². The summed E-state index contributed by atoms with van der Waals surface area (Å²) in [6, 6.07) is 19.0. The van der Waals surface area contributed by atoms with Crippen molar-refractivity contribution in [3.8, 4) is 0 Å². The Morgan fingerprint density at radius 1 is 1.09 bits per heavy atom. The van der Waals surface area contributed by atoms with Crippen molar-refractivity contribution in [2.24, 2.45) is 5.92 Å². The van der Waals surface area contributed by atoms with Gasteiger partial charge in [0.15, 0.2) is 0 Å². The fraction of sp³-hybridized carbons (Fsp3) is 0.370. The topological polar surface area (TPSA) is 36.7 Å². The number of carbonyl (C=O) groups excluding carboxylic acids is 1. The number of hydrogen-bond donors (Lipinski definition) is 0. The van der Waals surface area contributed by atoms with E-state index in [1.807, 2.05) is 55.5 Å². The van der Waals surface area contributed by atoms with Crippen molar-refractivity contribution < 1.29 is 13.6 Å². The van der Waals surface area contributed by atoms with Crippen molar-refractivity contribution in [1.29, 1.82) is 0 Å². The van der Waals surface area contributed by atoms with E-state index in [2.05, 4.69) is 9.80 Å². The monoisotopic (exact) mass is 432 g/mol. The van der Waals surface area contributed by atoms with E-state index >= 15 is 0 Å². The molecule has 5 heteroatoms. The van der Waals surface area contributed by atoms with E-state index in [1.165, 1.54) is 12.1 Å². The van der Waals surface area contributed by atoms with E-state index < -0.39 is 0 Å². The standard InChI is InChI=1S/C27H29FN2O2/c1-19-4-2-5-21(14-19)27(31)30(24-11-12-24)16-22-15-29(17-25-6-3-13-32-25)18-26(22)20-7-9-23(28)10-8-20/h2-10,13-14,22,24,26H,11-12,15-18H2,1H3/t22-,26+/m1/s1. The van der Waals surface area contributed by atoms with Gasteiger partial charge in [0.1, 0.15) is 11.6 Å². The van der Waals surface area contributed by atoms with Crippen molar-refractivity contribution in [2.45, 2.75) is 38.3 Å². The van der Waals surface area contributed by atoms with Crippen LogP contribution < -0.4 is 0 Å². The number of aryl methyl sites for hydroxylation is 1.